The molecule has 0 aliphatic heterocycles. The highest BCUT2D eigenvalue weighted by molar-refractivity contribution is 9.09. The molecule has 72 valence electrons. The van der Waals surface area contributed by atoms with E-state index in [4.69, 9.17) is 0 Å². The van der Waals surface area contributed by atoms with Crippen molar-refractivity contribution in [1.29, 1.82) is 0 Å². The summed E-state index contributed by atoms with van der Waals surface area (Å²) >= 11 is 5.48. The highest BCUT2D eigenvalue weighted by Crippen LogP contribution is 2.43. The zero-order valence-electron chi connectivity index (χ0n) is 7.79. The van der Waals surface area contributed by atoms with Crippen molar-refractivity contribution in [2.75, 3.05) is 0 Å². The lowest BCUT2D eigenvalue weighted by molar-refractivity contribution is 0.335. The zero-order chi connectivity index (χ0) is 9.31. The Kier molecular flexibility index (Phi) is 2.75. The third-order valence-corrected chi connectivity index (χ3v) is 4.40. The van der Waals surface area contributed by atoms with Gasteiger partial charge in [0.1, 0.15) is 0 Å². The summed E-state index contributed by atoms with van der Waals surface area (Å²) in [5.41, 5.74) is 0.492. The molecule has 0 N–H and O–H groups in total. The first-order chi connectivity index (χ1) is 6.18. The van der Waals surface area contributed by atoms with Gasteiger partial charge in [-0.2, -0.15) is 0 Å². The van der Waals surface area contributed by atoms with Crippen LogP contribution in [0, 0.1) is 5.41 Å². The molecule has 1 heterocycles. The average molecular weight is 260 g/mol. The first-order valence-corrected chi connectivity index (χ1v) is 6.50. The predicted octanol–water partition coefficient (Wildman–Crippen LogP) is 3.64. The van der Waals surface area contributed by atoms with Crippen LogP contribution in [-0.4, -0.2) is 9.81 Å². The summed E-state index contributed by atoms with van der Waals surface area (Å²) in [7, 11) is 0. The van der Waals surface area contributed by atoms with E-state index < -0.39 is 0 Å². The fourth-order valence-electron chi connectivity index (χ4n) is 2.11. The number of alkyl halides is 1. The van der Waals surface area contributed by atoms with Crippen LogP contribution >= 0.6 is 27.3 Å². The molecular weight excluding hydrogens is 246 g/mol. The van der Waals surface area contributed by atoms with E-state index in [0.29, 0.717) is 5.41 Å². The third kappa shape index (κ3) is 2.32. The fourth-order valence-corrected chi connectivity index (χ4v) is 3.95. The molecule has 0 aromatic carbocycles. The second-order valence-corrected chi connectivity index (χ2v) is 6.53. The van der Waals surface area contributed by atoms with Crippen molar-refractivity contribution in [3.05, 3.63) is 16.6 Å². The second-order valence-electron chi connectivity index (χ2n) is 4.25. The molecule has 2 unspecified atom stereocenters. The largest absolute Gasteiger partial charge is 0.250 e. The summed E-state index contributed by atoms with van der Waals surface area (Å²) in [6.07, 6.45) is 7.02. The molecule has 0 saturated heterocycles. The standard InChI is InChI=1S/C10H14BrNS/c1-10(3-2-8(11)6-10)7-9-12-4-5-13-9/h4-5,8H,2-3,6-7H2,1H3. The first kappa shape index (κ1) is 9.66. The smallest absolute Gasteiger partial charge is 0.0930 e. The number of hydrogen-bond acceptors (Lipinski definition) is 2. The van der Waals surface area contributed by atoms with Crippen molar-refractivity contribution in [1.82, 2.24) is 4.98 Å². The van der Waals surface area contributed by atoms with Gasteiger partial charge in [0.25, 0.3) is 0 Å². The van der Waals surface area contributed by atoms with Gasteiger partial charge in [-0.25, -0.2) is 4.98 Å². The number of rotatable bonds is 2. The van der Waals surface area contributed by atoms with Gasteiger partial charge in [0.05, 0.1) is 5.01 Å². The lowest BCUT2D eigenvalue weighted by Gasteiger charge is -2.21. The van der Waals surface area contributed by atoms with Crippen molar-refractivity contribution in [2.24, 2.45) is 5.41 Å². The van der Waals surface area contributed by atoms with Crippen molar-refractivity contribution in [3.63, 3.8) is 0 Å². The molecule has 2 atom stereocenters. The molecular formula is C10H14BrNS. The number of aromatic nitrogens is 1. The van der Waals surface area contributed by atoms with E-state index in [2.05, 4.69) is 33.2 Å². The third-order valence-electron chi connectivity index (χ3n) is 2.84. The highest BCUT2D eigenvalue weighted by Gasteiger charge is 2.34. The van der Waals surface area contributed by atoms with Crippen LogP contribution in [0.3, 0.4) is 0 Å². The SMILES string of the molecule is CC1(Cc2nccs2)CCC(Br)C1. The van der Waals surface area contributed by atoms with Crippen LogP contribution < -0.4 is 0 Å². The summed E-state index contributed by atoms with van der Waals surface area (Å²) in [5.74, 6) is 0. The maximum absolute atomic E-state index is 4.35. The molecule has 0 radical (unpaired) electrons. The number of halogens is 1. The van der Waals surface area contributed by atoms with Gasteiger partial charge >= 0.3 is 0 Å². The Morgan fingerprint density at radius 2 is 2.62 bits per heavy atom. The van der Waals surface area contributed by atoms with Crippen molar-refractivity contribution in [3.8, 4) is 0 Å². The lowest BCUT2D eigenvalue weighted by Crippen LogP contribution is -2.15. The summed E-state index contributed by atoms with van der Waals surface area (Å²) in [5, 5.41) is 3.36. The summed E-state index contributed by atoms with van der Waals surface area (Å²) in [6, 6.07) is 0. The summed E-state index contributed by atoms with van der Waals surface area (Å²) in [4.78, 5) is 5.09. The van der Waals surface area contributed by atoms with E-state index in [1.54, 1.807) is 11.3 Å². The zero-order valence-corrected chi connectivity index (χ0v) is 10.2. The second kappa shape index (κ2) is 3.70. The van der Waals surface area contributed by atoms with Gasteiger partial charge in [-0.05, 0) is 24.7 Å². The van der Waals surface area contributed by atoms with Gasteiger partial charge in [-0.15, -0.1) is 11.3 Å². The normalized spacial score (nSPS) is 33.8. The molecule has 1 aromatic heterocycles. The van der Waals surface area contributed by atoms with Gasteiger partial charge in [-0.1, -0.05) is 22.9 Å². The fraction of sp³-hybridized carbons (Fsp3) is 0.700. The van der Waals surface area contributed by atoms with Crippen LogP contribution in [0.2, 0.25) is 0 Å². The number of thiazole rings is 1. The molecule has 1 saturated carbocycles. The van der Waals surface area contributed by atoms with Gasteiger partial charge in [0.15, 0.2) is 0 Å². The number of nitrogens with zero attached hydrogens (tertiary/aromatic N) is 1. The number of hydrogen-bond donors (Lipinski definition) is 0. The van der Waals surface area contributed by atoms with Crippen LogP contribution in [-0.2, 0) is 6.42 Å². The summed E-state index contributed by atoms with van der Waals surface area (Å²) < 4.78 is 0. The monoisotopic (exact) mass is 259 g/mol. The maximum Gasteiger partial charge on any atom is 0.0930 e. The van der Waals surface area contributed by atoms with Crippen LogP contribution in [0.15, 0.2) is 11.6 Å². The van der Waals surface area contributed by atoms with E-state index in [1.807, 2.05) is 6.20 Å². The van der Waals surface area contributed by atoms with E-state index >= 15 is 0 Å². The van der Waals surface area contributed by atoms with Crippen LogP contribution in [0.4, 0.5) is 0 Å². The Labute approximate surface area is 91.7 Å². The Morgan fingerprint density at radius 3 is 3.15 bits per heavy atom. The van der Waals surface area contributed by atoms with Crippen LogP contribution in [0.25, 0.3) is 0 Å². The Bertz CT molecular complexity index is 272. The van der Waals surface area contributed by atoms with Crippen LogP contribution in [0.1, 0.15) is 31.2 Å². The minimum absolute atomic E-state index is 0.492. The van der Waals surface area contributed by atoms with E-state index in [-0.39, 0.29) is 0 Å². The Morgan fingerprint density at radius 1 is 1.77 bits per heavy atom. The highest BCUT2D eigenvalue weighted by atomic mass is 79.9. The van der Waals surface area contributed by atoms with Crippen molar-refractivity contribution in [2.45, 2.75) is 37.4 Å². The minimum Gasteiger partial charge on any atom is -0.250 e. The topological polar surface area (TPSA) is 12.9 Å². The molecule has 13 heavy (non-hydrogen) atoms. The molecule has 0 amide bonds. The first-order valence-electron chi connectivity index (χ1n) is 4.70. The van der Waals surface area contributed by atoms with E-state index in [1.165, 1.54) is 24.3 Å². The molecule has 1 aliphatic rings. The summed E-state index contributed by atoms with van der Waals surface area (Å²) in [6.45, 7) is 2.38. The lowest BCUT2D eigenvalue weighted by atomic mass is 9.85. The van der Waals surface area contributed by atoms with Crippen molar-refractivity contribution < 1.29 is 0 Å². The van der Waals surface area contributed by atoms with E-state index in [0.717, 1.165) is 11.2 Å². The average Bonchev–Trinajstić information content (AvgIpc) is 2.62. The minimum atomic E-state index is 0.492. The molecule has 1 aromatic rings. The maximum atomic E-state index is 4.35. The van der Waals surface area contributed by atoms with Gasteiger partial charge in [-0.3, -0.25) is 0 Å². The van der Waals surface area contributed by atoms with Crippen LogP contribution in [0.5, 0.6) is 0 Å². The Hall–Kier alpha value is 0.110. The van der Waals surface area contributed by atoms with Gasteiger partial charge in [0.2, 0.25) is 0 Å². The van der Waals surface area contributed by atoms with Crippen molar-refractivity contribution >= 4 is 27.3 Å². The van der Waals surface area contributed by atoms with Gasteiger partial charge in [0, 0.05) is 22.8 Å². The Balaban J connectivity index is 2.01. The molecule has 3 heteroatoms. The molecule has 0 bridgehead atoms. The van der Waals surface area contributed by atoms with Gasteiger partial charge < -0.3 is 0 Å². The quantitative estimate of drug-likeness (QED) is 0.740. The molecule has 1 fully saturated rings. The molecule has 1 nitrogen and oxygen atoms in total. The van der Waals surface area contributed by atoms with E-state index in [9.17, 15) is 0 Å². The predicted molar refractivity (Wildman–Crippen MR) is 60.5 cm³/mol. The molecule has 0 spiro atoms. The molecule has 2 rings (SSSR count). The molecule has 1 aliphatic carbocycles.